The molecule has 3 rings (SSSR count). The monoisotopic (exact) mass is 340 g/mol. The second-order valence-corrected chi connectivity index (χ2v) is 5.09. The Morgan fingerprint density at radius 3 is 2.26 bits per heavy atom. The van der Waals surface area contributed by atoms with Gasteiger partial charge in [0, 0.05) is 10.6 Å². The van der Waals surface area contributed by atoms with Gasteiger partial charge in [0.25, 0.3) is 5.89 Å². The maximum absolute atomic E-state index is 12.5. The van der Waals surface area contributed by atoms with Crippen molar-refractivity contribution in [3.63, 3.8) is 0 Å². The van der Waals surface area contributed by atoms with Crippen LogP contribution in [0.2, 0.25) is 5.02 Å². The van der Waals surface area contributed by atoms with Gasteiger partial charge in [-0.1, -0.05) is 11.6 Å². The molecule has 0 aliphatic rings. The van der Waals surface area contributed by atoms with Crippen LogP contribution < -0.4 is 0 Å². The number of halogens is 4. The summed E-state index contributed by atoms with van der Waals surface area (Å²) >= 11 is 5.84. The molecule has 0 unspecified atom stereocenters. The summed E-state index contributed by atoms with van der Waals surface area (Å²) in [6.07, 6.45) is -4.41. The fraction of sp³-hybridized carbons (Fsp3) is 0.0667. The lowest BCUT2D eigenvalue weighted by Gasteiger charge is -2.05. The van der Waals surface area contributed by atoms with Crippen molar-refractivity contribution in [3.8, 4) is 28.7 Å². The molecule has 1 heterocycles. The van der Waals surface area contributed by atoms with Crippen molar-refractivity contribution in [2.45, 2.75) is 6.18 Å². The Morgan fingerprint density at radius 1 is 0.957 bits per heavy atom. The van der Waals surface area contributed by atoms with Crippen molar-refractivity contribution in [1.29, 1.82) is 0 Å². The molecule has 3 aromatic rings. The summed E-state index contributed by atoms with van der Waals surface area (Å²) in [6, 6.07) is 8.64. The number of alkyl halides is 3. The molecule has 1 N–H and O–H groups in total. The summed E-state index contributed by atoms with van der Waals surface area (Å²) in [4.78, 5) is 0. The molecule has 0 saturated carbocycles. The van der Waals surface area contributed by atoms with E-state index in [1.807, 2.05) is 0 Å². The van der Waals surface area contributed by atoms with Gasteiger partial charge in [0.05, 0.1) is 11.1 Å². The summed E-state index contributed by atoms with van der Waals surface area (Å²) < 4.78 is 43.0. The lowest BCUT2D eigenvalue weighted by atomic mass is 10.1. The minimum absolute atomic E-state index is 0.0138. The lowest BCUT2D eigenvalue weighted by molar-refractivity contribution is -0.137. The molecule has 2 aromatic carbocycles. The standard InChI is InChI=1S/C15H8ClF3N2O2/c16-10-5-6-12(22)11(7-10)14-21-20-13(23-14)8-1-3-9(4-2-8)15(17,18)19/h1-7,22H. The number of hydrogen-bond donors (Lipinski definition) is 1. The molecule has 8 heteroatoms. The molecule has 118 valence electrons. The summed E-state index contributed by atoms with van der Waals surface area (Å²) in [5, 5.41) is 17.7. The Kier molecular flexibility index (Phi) is 3.73. The van der Waals surface area contributed by atoms with Gasteiger partial charge in [-0.2, -0.15) is 13.2 Å². The topological polar surface area (TPSA) is 59.2 Å². The minimum Gasteiger partial charge on any atom is -0.507 e. The Bertz CT molecular complexity index is 845. The lowest BCUT2D eigenvalue weighted by Crippen LogP contribution is -2.03. The average molecular weight is 341 g/mol. The molecule has 4 nitrogen and oxygen atoms in total. The van der Waals surface area contributed by atoms with E-state index in [1.54, 1.807) is 0 Å². The summed E-state index contributed by atoms with van der Waals surface area (Å²) in [6.45, 7) is 0. The third-order valence-corrected chi connectivity index (χ3v) is 3.31. The van der Waals surface area contributed by atoms with E-state index in [0.717, 1.165) is 12.1 Å². The molecule has 0 spiro atoms. The van der Waals surface area contributed by atoms with Crippen LogP contribution in [0.25, 0.3) is 22.9 Å². The third kappa shape index (κ3) is 3.14. The smallest absolute Gasteiger partial charge is 0.416 e. The normalized spacial score (nSPS) is 11.7. The van der Waals surface area contributed by atoms with Crippen LogP contribution in [0.4, 0.5) is 13.2 Å². The van der Waals surface area contributed by atoms with Gasteiger partial charge in [0.15, 0.2) is 0 Å². The van der Waals surface area contributed by atoms with Gasteiger partial charge < -0.3 is 9.52 Å². The van der Waals surface area contributed by atoms with Crippen LogP contribution >= 0.6 is 11.6 Å². The molecule has 0 atom stereocenters. The highest BCUT2D eigenvalue weighted by atomic mass is 35.5. The molecule has 0 radical (unpaired) electrons. The first-order valence-electron chi connectivity index (χ1n) is 6.34. The third-order valence-electron chi connectivity index (χ3n) is 3.07. The van der Waals surface area contributed by atoms with E-state index in [2.05, 4.69) is 10.2 Å². The molecule has 23 heavy (non-hydrogen) atoms. The fourth-order valence-corrected chi connectivity index (χ4v) is 2.10. The van der Waals surface area contributed by atoms with Crippen molar-refractivity contribution >= 4 is 11.6 Å². The summed E-state index contributed by atoms with van der Waals surface area (Å²) in [5.74, 6) is -0.0509. The first-order valence-corrected chi connectivity index (χ1v) is 6.72. The van der Waals surface area contributed by atoms with Crippen LogP contribution in [0.3, 0.4) is 0 Å². The van der Waals surface area contributed by atoms with Crippen LogP contribution in [0.5, 0.6) is 5.75 Å². The van der Waals surface area contributed by atoms with Crippen molar-refractivity contribution in [2.24, 2.45) is 0 Å². The number of phenolic OH excluding ortho intramolecular Hbond substituents is 1. The van der Waals surface area contributed by atoms with Crippen molar-refractivity contribution < 1.29 is 22.7 Å². The first kappa shape index (κ1) is 15.4. The van der Waals surface area contributed by atoms with Crippen LogP contribution in [0.15, 0.2) is 46.9 Å². The molecule has 0 aliphatic carbocycles. The van der Waals surface area contributed by atoms with E-state index in [-0.39, 0.29) is 23.1 Å². The van der Waals surface area contributed by atoms with Gasteiger partial charge in [0.1, 0.15) is 5.75 Å². The molecule has 0 saturated heterocycles. The van der Waals surface area contributed by atoms with Gasteiger partial charge in [-0.05, 0) is 42.5 Å². The van der Waals surface area contributed by atoms with Crippen LogP contribution in [0.1, 0.15) is 5.56 Å². The average Bonchev–Trinajstić information content (AvgIpc) is 2.99. The zero-order valence-electron chi connectivity index (χ0n) is 11.3. The number of aromatic hydroxyl groups is 1. The molecule has 0 bridgehead atoms. The Hall–Kier alpha value is -2.54. The minimum atomic E-state index is -4.41. The van der Waals surface area contributed by atoms with Crippen molar-refractivity contribution in [2.75, 3.05) is 0 Å². The number of rotatable bonds is 2. The summed E-state index contributed by atoms with van der Waals surface area (Å²) in [7, 11) is 0. The zero-order valence-corrected chi connectivity index (χ0v) is 12.1. The number of nitrogens with zero attached hydrogens (tertiary/aromatic N) is 2. The highest BCUT2D eigenvalue weighted by Gasteiger charge is 2.30. The number of benzene rings is 2. The Morgan fingerprint density at radius 2 is 1.61 bits per heavy atom. The highest BCUT2D eigenvalue weighted by molar-refractivity contribution is 6.30. The fourth-order valence-electron chi connectivity index (χ4n) is 1.93. The van der Waals surface area contributed by atoms with Gasteiger partial charge in [0.2, 0.25) is 5.89 Å². The second kappa shape index (κ2) is 5.58. The Balaban J connectivity index is 1.94. The number of hydrogen-bond acceptors (Lipinski definition) is 4. The van der Waals surface area contributed by atoms with E-state index >= 15 is 0 Å². The van der Waals surface area contributed by atoms with E-state index in [9.17, 15) is 18.3 Å². The Labute approximate surface area is 133 Å². The van der Waals surface area contributed by atoms with E-state index in [0.29, 0.717) is 10.6 Å². The molecule has 1 aromatic heterocycles. The van der Waals surface area contributed by atoms with Gasteiger partial charge in [-0.15, -0.1) is 10.2 Å². The van der Waals surface area contributed by atoms with Crippen LogP contribution in [0, 0.1) is 0 Å². The highest BCUT2D eigenvalue weighted by Crippen LogP contribution is 2.34. The number of phenols is 1. The SMILES string of the molecule is Oc1ccc(Cl)cc1-c1nnc(-c2ccc(C(F)(F)F)cc2)o1. The van der Waals surface area contributed by atoms with E-state index in [4.69, 9.17) is 16.0 Å². The molecule has 0 amide bonds. The van der Waals surface area contributed by atoms with Crippen LogP contribution in [-0.2, 0) is 6.18 Å². The second-order valence-electron chi connectivity index (χ2n) is 4.65. The maximum atomic E-state index is 12.5. The molecule has 0 fully saturated rings. The van der Waals surface area contributed by atoms with Crippen LogP contribution in [-0.4, -0.2) is 15.3 Å². The maximum Gasteiger partial charge on any atom is 0.416 e. The van der Waals surface area contributed by atoms with Crippen molar-refractivity contribution in [3.05, 3.63) is 53.1 Å². The van der Waals surface area contributed by atoms with Gasteiger partial charge in [-0.3, -0.25) is 0 Å². The molecule has 0 aliphatic heterocycles. The first-order chi connectivity index (χ1) is 10.8. The zero-order chi connectivity index (χ0) is 16.6. The molecular formula is C15H8ClF3N2O2. The van der Waals surface area contributed by atoms with Gasteiger partial charge in [-0.25, -0.2) is 0 Å². The molecular weight excluding hydrogens is 333 g/mol. The largest absolute Gasteiger partial charge is 0.507 e. The van der Waals surface area contributed by atoms with E-state index < -0.39 is 11.7 Å². The summed E-state index contributed by atoms with van der Waals surface area (Å²) in [5.41, 5.74) is -0.199. The predicted molar refractivity (Wildman–Crippen MR) is 76.8 cm³/mol. The van der Waals surface area contributed by atoms with Gasteiger partial charge >= 0.3 is 6.18 Å². The van der Waals surface area contributed by atoms with Crippen molar-refractivity contribution in [1.82, 2.24) is 10.2 Å². The predicted octanol–water partition coefficient (Wildman–Crippen LogP) is 4.78. The number of aromatic nitrogens is 2. The van der Waals surface area contributed by atoms with E-state index in [1.165, 1.54) is 30.3 Å². The quantitative estimate of drug-likeness (QED) is 0.729.